The lowest BCUT2D eigenvalue weighted by molar-refractivity contribution is -0.137. The fourth-order valence-electron chi connectivity index (χ4n) is 3.78. The third kappa shape index (κ3) is 6.46. The number of amides is 2. The maximum Gasteiger partial charge on any atom is 0.416 e. The molecule has 4 aromatic rings. The molecule has 196 valence electrons. The Kier molecular flexibility index (Phi) is 8.22. The summed E-state index contributed by atoms with van der Waals surface area (Å²) in [5.41, 5.74) is 1.28. The number of hydrogen-bond acceptors (Lipinski definition) is 4. The average Bonchev–Trinajstić information content (AvgIpc) is 3.34. The Hall–Kier alpha value is -4.44. The van der Waals surface area contributed by atoms with Gasteiger partial charge in [0.1, 0.15) is 6.54 Å². The van der Waals surface area contributed by atoms with Gasteiger partial charge in [0.15, 0.2) is 0 Å². The standard InChI is InChI=1S/C28H25F3N4O3/c1-38-17-16-34(26(37)21-10-6-3-7-11-21)19-25(36)33-27-32-24(20-8-4-2-5-9-20)18-35(27)23-14-12-22(13-15-23)28(29,30)31/h2-15,18H,16-17,19H2,1H3,(H,32,33,36). The summed E-state index contributed by atoms with van der Waals surface area (Å²) in [6.45, 7) is 0.127. The van der Waals surface area contributed by atoms with Crippen molar-refractivity contribution < 1.29 is 27.5 Å². The minimum absolute atomic E-state index is 0.104. The van der Waals surface area contributed by atoms with Crippen LogP contribution in [0.3, 0.4) is 0 Å². The number of imidazole rings is 1. The van der Waals surface area contributed by atoms with Crippen molar-refractivity contribution in [2.45, 2.75) is 6.18 Å². The van der Waals surface area contributed by atoms with Crippen LogP contribution in [0, 0.1) is 0 Å². The molecule has 0 aliphatic heterocycles. The number of nitrogens with one attached hydrogen (secondary N) is 1. The molecular formula is C28H25F3N4O3. The van der Waals surface area contributed by atoms with Crippen LogP contribution in [0.2, 0.25) is 0 Å². The number of carbonyl (C=O) groups excluding carboxylic acids is 2. The highest BCUT2D eigenvalue weighted by Crippen LogP contribution is 2.31. The van der Waals surface area contributed by atoms with Gasteiger partial charge in [0.25, 0.3) is 5.91 Å². The molecule has 1 heterocycles. The molecule has 38 heavy (non-hydrogen) atoms. The Morgan fingerprint density at radius 1 is 0.947 bits per heavy atom. The van der Waals surface area contributed by atoms with Crippen LogP contribution < -0.4 is 5.32 Å². The molecule has 0 saturated heterocycles. The molecule has 0 saturated carbocycles. The van der Waals surface area contributed by atoms with Gasteiger partial charge in [0.05, 0.1) is 17.9 Å². The van der Waals surface area contributed by atoms with Crippen LogP contribution in [0.25, 0.3) is 16.9 Å². The summed E-state index contributed by atoms with van der Waals surface area (Å²) >= 11 is 0. The first-order chi connectivity index (χ1) is 18.3. The highest BCUT2D eigenvalue weighted by molar-refractivity contribution is 5.99. The largest absolute Gasteiger partial charge is 0.416 e. The van der Waals surface area contributed by atoms with Crippen molar-refractivity contribution in [2.24, 2.45) is 0 Å². The van der Waals surface area contributed by atoms with Gasteiger partial charge in [-0.05, 0) is 36.4 Å². The predicted octanol–water partition coefficient (Wildman–Crippen LogP) is 5.29. The number of hydrogen-bond donors (Lipinski definition) is 1. The van der Waals surface area contributed by atoms with Gasteiger partial charge in [-0.2, -0.15) is 13.2 Å². The van der Waals surface area contributed by atoms with Gasteiger partial charge in [-0.1, -0.05) is 48.5 Å². The molecule has 0 spiro atoms. The van der Waals surface area contributed by atoms with Crippen LogP contribution in [0.1, 0.15) is 15.9 Å². The zero-order chi connectivity index (χ0) is 27.1. The first-order valence-corrected chi connectivity index (χ1v) is 11.7. The number of halogens is 3. The summed E-state index contributed by atoms with van der Waals surface area (Å²) in [7, 11) is 1.50. The summed E-state index contributed by atoms with van der Waals surface area (Å²) < 4.78 is 45.8. The number of ether oxygens (including phenoxy) is 1. The summed E-state index contributed by atoms with van der Waals surface area (Å²) in [6, 6.07) is 22.3. The van der Waals surface area contributed by atoms with Crippen LogP contribution >= 0.6 is 0 Å². The molecule has 0 aliphatic rings. The monoisotopic (exact) mass is 522 g/mol. The van der Waals surface area contributed by atoms with Crippen LogP contribution in [0.5, 0.6) is 0 Å². The van der Waals surface area contributed by atoms with E-state index in [9.17, 15) is 22.8 Å². The third-order valence-electron chi connectivity index (χ3n) is 5.71. The third-order valence-corrected chi connectivity index (χ3v) is 5.71. The summed E-state index contributed by atoms with van der Waals surface area (Å²) in [5.74, 6) is -0.759. The van der Waals surface area contributed by atoms with Gasteiger partial charge < -0.3 is 9.64 Å². The zero-order valence-corrected chi connectivity index (χ0v) is 20.5. The molecule has 10 heteroatoms. The SMILES string of the molecule is COCCN(CC(=O)Nc1nc(-c2ccccc2)cn1-c1ccc(C(F)(F)F)cc1)C(=O)c1ccccc1. The Morgan fingerprint density at radius 2 is 1.58 bits per heavy atom. The zero-order valence-electron chi connectivity index (χ0n) is 20.5. The number of aromatic nitrogens is 2. The second kappa shape index (κ2) is 11.7. The van der Waals surface area contributed by atoms with E-state index in [1.807, 2.05) is 30.3 Å². The smallest absolute Gasteiger partial charge is 0.383 e. The number of nitrogens with zero attached hydrogens (tertiary/aromatic N) is 3. The van der Waals surface area contributed by atoms with Crippen LogP contribution in [-0.4, -0.2) is 53.1 Å². The lowest BCUT2D eigenvalue weighted by Gasteiger charge is -2.22. The Labute approximate surface area is 217 Å². The molecule has 0 radical (unpaired) electrons. The number of benzene rings is 3. The maximum atomic E-state index is 13.1. The molecule has 1 aromatic heterocycles. The van der Waals surface area contributed by atoms with Crippen LogP contribution in [0.4, 0.5) is 19.1 Å². The topological polar surface area (TPSA) is 76.5 Å². The molecule has 2 amide bonds. The second-order valence-electron chi connectivity index (χ2n) is 8.36. The van der Waals surface area contributed by atoms with Crippen molar-refractivity contribution in [3.8, 4) is 16.9 Å². The number of alkyl halides is 3. The normalized spacial score (nSPS) is 11.3. The van der Waals surface area contributed by atoms with Crippen LogP contribution in [0.15, 0.2) is 91.1 Å². The van der Waals surface area contributed by atoms with Gasteiger partial charge in [-0.3, -0.25) is 19.5 Å². The second-order valence-corrected chi connectivity index (χ2v) is 8.36. The van der Waals surface area contributed by atoms with E-state index in [4.69, 9.17) is 4.74 Å². The predicted molar refractivity (Wildman–Crippen MR) is 137 cm³/mol. The molecule has 4 rings (SSSR count). The van der Waals surface area contributed by atoms with Crippen molar-refractivity contribution in [3.05, 3.63) is 102 Å². The van der Waals surface area contributed by atoms with Gasteiger partial charge in [-0.15, -0.1) is 0 Å². The number of anilines is 1. The van der Waals surface area contributed by atoms with Crippen LogP contribution in [-0.2, 0) is 15.7 Å². The first-order valence-electron chi connectivity index (χ1n) is 11.7. The maximum absolute atomic E-state index is 13.1. The molecule has 0 bridgehead atoms. The molecule has 0 atom stereocenters. The Balaban J connectivity index is 1.62. The van der Waals surface area contributed by atoms with Crippen molar-refractivity contribution in [1.82, 2.24) is 14.5 Å². The fourth-order valence-corrected chi connectivity index (χ4v) is 3.78. The molecule has 0 unspecified atom stereocenters. The van der Waals surface area contributed by atoms with Crippen molar-refractivity contribution in [3.63, 3.8) is 0 Å². The Bertz CT molecular complexity index is 1370. The van der Waals surface area contributed by atoms with E-state index in [0.717, 1.165) is 17.7 Å². The van der Waals surface area contributed by atoms with Gasteiger partial charge >= 0.3 is 6.18 Å². The van der Waals surface area contributed by atoms with E-state index in [2.05, 4.69) is 10.3 Å². The fraction of sp³-hybridized carbons (Fsp3) is 0.179. The quantitative estimate of drug-likeness (QED) is 0.324. The summed E-state index contributed by atoms with van der Waals surface area (Å²) in [5, 5.41) is 2.71. The Morgan fingerprint density at radius 3 is 2.18 bits per heavy atom. The van der Waals surface area contributed by atoms with Gasteiger partial charge in [0, 0.05) is 36.7 Å². The van der Waals surface area contributed by atoms with Crippen molar-refractivity contribution in [1.29, 1.82) is 0 Å². The first kappa shape index (κ1) is 26.6. The van der Waals surface area contributed by atoms with E-state index in [-0.39, 0.29) is 31.6 Å². The summed E-state index contributed by atoms with van der Waals surface area (Å²) in [4.78, 5) is 32.0. The van der Waals surface area contributed by atoms with Crippen molar-refractivity contribution in [2.75, 3.05) is 32.1 Å². The van der Waals surface area contributed by atoms with E-state index in [1.54, 1.807) is 36.5 Å². The average molecular weight is 523 g/mol. The van der Waals surface area contributed by atoms with Gasteiger partial charge in [0.2, 0.25) is 11.9 Å². The van der Waals surface area contributed by atoms with E-state index in [1.165, 1.54) is 28.7 Å². The number of rotatable bonds is 9. The van der Waals surface area contributed by atoms with E-state index in [0.29, 0.717) is 16.9 Å². The van der Waals surface area contributed by atoms with E-state index >= 15 is 0 Å². The molecule has 0 fully saturated rings. The van der Waals surface area contributed by atoms with Gasteiger partial charge in [-0.25, -0.2) is 4.98 Å². The minimum atomic E-state index is -4.48. The minimum Gasteiger partial charge on any atom is -0.383 e. The molecule has 3 aromatic carbocycles. The lowest BCUT2D eigenvalue weighted by atomic mass is 10.2. The van der Waals surface area contributed by atoms with Crippen molar-refractivity contribution >= 4 is 17.8 Å². The molecule has 0 aliphatic carbocycles. The highest BCUT2D eigenvalue weighted by atomic mass is 19.4. The number of methoxy groups -OCH3 is 1. The summed E-state index contributed by atoms with van der Waals surface area (Å²) in [6.07, 6.45) is -2.85. The van der Waals surface area contributed by atoms with E-state index < -0.39 is 17.6 Å². The highest BCUT2D eigenvalue weighted by Gasteiger charge is 2.30. The lowest BCUT2D eigenvalue weighted by Crippen LogP contribution is -2.40. The number of carbonyl (C=O) groups is 2. The molecule has 7 nitrogen and oxygen atoms in total. The molecular weight excluding hydrogens is 497 g/mol. The molecule has 1 N–H and O–H groups in total.